The van der Waals surface area contributed by atoms with Crippen LogP contribution >= 0.6 is 0 Å². The van der Waals surface area contributed by atoms with Gasteiger partial charge in [0.15, 0.2) is 0 Å². The largest absolute Gasteiger partial charge is 0.302 e. The molecule has 1 aliphatic carbocycles. The summed E-state index contributed by atoms with van der Waals surface area (Å²) in [5.41, 5.74) is 0.856. The van der Waals surface area contributed by atoms with Gasteiger partial charge in [0.05, 0.1) is 5.41 Å². The van der Waals surface area contributed by atoms with Crippen LogP contribution in [0.4, 0.5) is 0 Å². The van der Waals surface area contributed by atoms with Gasteiger partial charge in [-0.3, -0.25) is 0 Å². The van der Waals surface area contributed by atoms with Crippen LogP contribution in [0.3, 0.4) is 0 Å². The SMILES string of the molecule is CC1=CC(C)(C=O)C=C1. The van der Waals surface area contributed by atoms with Gasteiger partial charge in [-0.25, -0.2) is 0 Å². The van der Waals surface area contributed by atoms with Crippen LogP contribution in [0.2, 0.25) is 0 Å². The first-order chi connectivity index (χ1) is 4.16. The molecule has 0 heterocycles. The predicted octanol–water partition coefficient (Wildman–Crippen LogP) is 1.71. The van der Waals surface area contributed by atoms with Gasteiger partial charge in [-0.15, -0.1) is 0 Å². The summed E-state index contributed by atoms with van der Waals surface area (Å²) in [7, 11) is 0. The van der Waals surface area contributed by atoms with Crippen molar-refractivity contribution in [2.45, 2.75) is 13.8 Å². The third-order valence-electron chi connectivity index (χ3n) is 1.50. The van der Waals surface area contributed by atoms with Crippen molar-refractivity contribution in [2.75, 3.05) is 0 Å². The summed E-state index contributed by atoms with van der Waals surface area (Å²) in [6.07, 6.45) is 6.80. The van der Waals surface area contributed by atoms with Crippen LogP contribution in [-0.2, 0) is 4.79 Å². The van der Waals surface area contributed by atoms with E-state index < -0.39 is 0 Å². The smallest absolute Gasteiger partial charge is 0.133 e. The summed E-state index contributed by atoms with van der Waals surface area (Å²) >= 11 is 0. The molecule has 9 heavy (non-hydrogen) atoms. The Balaban J connectivity index is 2.90. The van der Waals surface area contributed by atoms with Gasteiger partial charge in [0.25, 0.3) is 0 Å². The molecular weight excluding hydrogens is 112 g/mol. The van der Waals surface area contributed by atoms with Crippen molar-refractivity contribution >= 4 is 6.29 Å². The Morgan fingerprint density at radius 3 is 2.56 bits per heavy atom. The minimum atomic E-state index is -0.315. The summed E-state index contributed by atoms with van der Waals surface area (Å²) in [4.78, 5) is 10.4. The molecule has 48 valence electrons. The summed E-state index contributed by atoms with van der Waals surface area (Å²) in [6, 6.07) is 0. The van der Waals surface area contributed by atoms with E-state index in [-0.39, 0.29) is 5.41 Å². The molecule has 0 saturated carbocycles. The molecule has 1 unspecified atom stereocenters. The van der Waals surface area contributed by atoms with Gasteiger partial charge in [-0.1, -0.05) is 23.8 Å². The molecule has 0 amide bonds. The number of carbonyl (C=O) groups is 1. The minimum absolute atomic E-state index is 0.315. The molecule has 1 heteroatoms. The van der Waals surface area contributed by atoms with E-state index >= 15 is 0 Å². The number of hydrogen-bond acceptors (Lipinski definition) is 1. The molecule has 1 nitrogen and oxygen atoms in total. The van der Waals surface area contributed by atoms with Gasteiger partial charge in [0, 0.05) is 0 Å². The fourth-order valence-electron chi connectivity index (χ4n) is 0.971. The molecule has 0 N–H and O–H groups in total. The van der Waals surface area contributed by atoms with Crippen molar-refractivity contribution in [3.63, 3.8) is 0 Å². The molecule has 0 fully saturated rings. The first-order valence-corrected chi connectivity index (χ1v) is 3.01. The molecule has 0 aromatic carbocycles. The standard InChI is InChI=1S/C8H10O/c1-7-3-4-8(2,5-7)6-9/h3-6H,1-2H3. The molecule has 0 radical (unpaired) electrons. The monoisotopic (exact) mass is 122 g/mol. The zero-order valence-electron chi connectivity index (χ0n) is 5.72. The van der Waals surface area contributed by atoms with E-state index in [0.717, 1.165) is 6.29 Å². The van der Waals surface area contributed by atoms with Crippen molar-refractivity contribution in [1.82, 2.24) is 0 Å². The summed E-state index contributed by atoms with van der Waals surface area (Å²) in [6.45, 7) is 3.89. The van der Waals surface area contributed by atoms with E-state index in [0.29, 0.717) is 0 Å². The lowest BCUT2D eigenvalue weighted by molar-refractivity contribution is -0.111. The van der Waals surface area contributed by atoms with E-state index in [1.807, 2.05) is 32.1 Å². The fourth-order valence-corrected chi connectivity index (χ4v) is 0.971. The Labute approximate surface area is 55.1 Å². The average Bonchev–Trinajstić information content (AvgIpc) is 2.13. The Kier molecular flexibility index (Phi) is 1.28. The molecule has 0 aliphatic heterocycles. The Bertz CT molecular complexity index is 189. The van der Waals surface area contributed by atoms with Gasteiger partial charge >= 0.3 is 0 Å². The Morgan fingerprint density at radius 2 is 2.33 bits per heavy atom. The van der Waals surface area contributed by atoms with E-state index in [9.17, 15) is 4.79 Å². The van der Waals surface area contributed by atoms with Crippen molar-refractivity contribution in [3.05, 3.63) is 23.8 Å². The second kappa shape index (κ2) is 1.83. The number of allylic oxidation sites excluding steroid dienone is 4. The molecule has 1 aliphatic rings. The quantitative estimate of drug-likeness (QED) is 0.484. The van der Waals surface area contributed by atoms with Crippen LogP contribution < -0.4 is 0 Å². The van der Waals surface area contributed by atoms with Gasteiger partial charge in [-0.05, 0) is 13.8 Å². The first-order valence-electron chi connectivity index (χ1n) is 3.01. The van der Waals surface area contributed by atoms with E-state index in [1.54, 1.807) is 0 Å². The molecular formula is C8H10O. The van der Waals surface area contributed by atoms with Crippen LogP contribution in [0.1, 0.15) is 13.8 Å². The van der Waals surface area contributed by atoms with Crippen molar-refractivity contribution < 1.29 is 4.79 Å². The Morgan fingerprint density at radius 1 is 1.67 bits per heavy atom. The second-order valence-corrected chi connectivity index (χ2v) is 2.71. The zero-order valence-corrected chi connectivity index (χ0v) is 5.72. The average molecular weight is 122 g/mol. The highest BCUT2D eigenvalue weighted by Gasteiger charge is 2.19. The highest BCUT2D eigenvalue weighted by atomic mass is 16.1. The molecule has 0 aromatic heterocycles. The summed E-state index contributed by atoms with van der Waals surface area (Å²) in [5, 5.41) is 0. The van der Waals surface area contributed by atoms with Crippen molar-refractivity contribution in [3.8, 4) is 0 Å². The maximum absolute atomic E-state index is 10.4. The predicted molar refractivity (Wildman–Crippen MR) is 37.1 cm³/mol. The molecule has 0 aromatic rings. The molecule has 1 rings (SSSR count). The van der Waals surface area contributed by atoms with Gasteiger partial charge in [0.1, 0.15) is 6.29 Å². The lowest BCUT2D eigenvalue weighted by atomic mass is 9.95. The highest BCUT2D eigenvalue weighted by molar-refractivity contribution is 5.68. The van der Waals surface area contributed by atoms with Gasteiger partial charge < -0.3 is 4.79 Å². The molecule has 1 atom stereocenters. The highest BCUT2D eigenvalue weighted by Crippen LogP contribution is 2.25. The first kappa shape index (κ1) is 6.27. The fraction of sp³-hybridized carbons (Fsp3) is 0.375. The molecule has 0 spiro atoms. The van der Waals surface area contributed by atoms with Crippen LogP contribution in [0.5, 0.6) is 0 Å². The van der Waals surface area contributed by atoms with Gasteiger partial charge in [-0.2, -0.15) is 0 Å². The zero-order chi connectivity index (χ0) is 6.91. The van der Waals surface area contributed by atoms with Crippen molar-refractivity contribution in [2.24, 2.45) is 5.41 Å². The lowest BCUT2D eigenvalue weighted by Crippen LogP contribution is -2.07. The topological polar surface area (TPSA) is 17.1 Å². The van der Waals surface area contributed by atoms with E-state index in [4.69, 9.17) is 0 Å². The normalized spacial score (nSPS) is 32.4. The second-order valence-electron chi connectivity index (χ2n) is 2.71. The number of rotatable bonds is 1. The summed E-state index contributed by atoms with van der Waals surface area (Å²) in [5.74, 6) is 0. The van der Waals surface area contributed by atoms with Gasteiger partial charge in [0.2, 0.25) is 0 Å². The molecule has 0 saturated heterocycles. The summed E-state index contributed by atoms with van der Waals surface area (Å²) < 4.78 is 0. The molecule has 0 bridgehead atoms. The number of carbonyl (C=O) groups excluding carboxylic acids is 1. The van der Waals surface area contributed by atoms with Crippen molar-refractivity contribution in [1.29, 1.82) is 0 Å². The van der Waals surface area contributed by atoms with E-state index in [1.165, 1.54) is 5.57 Å². The third-order valence-corrected chi connectivity index (χ3v) is 1.50. The Hall–Kier alpha value is -0.850. The van der Waals surface area contributed by atoms with E-state index in [2.05, 4.69) is 0 Å². The maximum atomic E-state index is 10.4. The van der Waals surface area contributed by atoms with Crippen LogP contribution in [-0.4, -0.2) is 6.29 Å². The lowest BCUT2D eigenvalue weighted by Gasteiger charge is -2.06. The third kappa shape index (κ3) is 1.10. The van der Waals surface area contributed by atoms with Crippen LogP contribution in [0.15, 0.2) is 23.8 Å². The van der Waals surface area contributed by atoms with Crippen LogP contribution in [0, 0.1) is 5.41 Å². The maximum Gasteiger partial charge on any atom is 0.133 e. The number of aldehydes is 1. The minimum Gasteiger partial charge on any atom is -0.302 e. The van der Waals surface area contributed by atoms with Crippen LogP contribution in [0.25, 0.3) is 0 Å². The number of hydrogen-bond donors (Lipinski definition) is 0.